The number of esters is 1. The van der Waals surface area contributed by atoms with Crippen molar-refractivity contribution in [3.8, 4) is 5.69 Å². The van der Waals surface area contributed by atoms with E-state index in [1.54, 1.807) is 23.1 Å². The molecular formula is C22H28N4O4. The zero-order valence-electron chi connectivity index (χ0n) is 17.5. The second kappa shape index (κ2) is 8.95. The van der Waals surface area contributed by atoms with Crippen LogP contribution in [-0.4, -0.2) is 63.4 Å². The summed E-state index contributed by atoms with van der Waals surface area (Å²) in [5.74, 6) is -0.599. The molecule has 1 saturated carbocycles. The predicted molar refractivity (Wildman–Crippen MR) is 109 cm³/mol. The quantitative estimate of drug-likeness (QED) is 0.702. The fraction of sp³-hybridized carbons (Fsp3) is 0.545. The van der Waals surface area contributed by atoms with Gasteiger partial charge in [-0.25, -0.2) is 9.48 Å². The third-order valence-corrected chi connectivity index (χ3v) is 5.82. The number of rotatable bonds is 5. The number of hydrogen-bond donors (Lipinski definition) is 0. The second-order valence-corrected chi connectivity index (χ2v) is 8.15. The smallest absolute Gasteiger partial charge is 0.359 e. The monoisotopic (exact) mass is 412 g/mol. The Morgan fingerprint density at radius 2 is 2.00 bits per heavy atom. The van der Waals surface area contributed by atoms with E-state index in [0.717, 1.165) is 37.1 Å². The van der Waals surface area contributed by atoms with Gasteiger partial charge in [0.15, 0.2) is 12.3 Å². The number of carbonyl (C=O) groups is 2. The molecule has 8 heteroatoms. The van der Waals surface area contributed by atoms with Gasteiger partial charge in [0, 0.05) is 24.6 Å². The van der Waals surface area contributed by atoms with Crippen LogP contribution in [-0.2, 0) is 14.3 Å². The van der Waals surface area contributed by atoms with Gasteiger partial charge >= 0.3 is 5.97 Å². The summed E-state index contributed by atoms with van der Waals surface area (Å²) in [7, 11) is 0. The lowest BCUT2D eigenvalue weighted by molar-refractivity contribution is -0.152. The minimum atomic E-state index is -0.591. The molecule has 0 bridgehead atoms. The highest BCUT2D eigenvalue weighted by atomic mass is 16.5. The summed E-state index contributed by atoms with van der Waals surface area (Å²) in [6.45, 7) is 4.88. The van der Waals surface area contributed by atoms with E-state index in [1.165, 1.54) is 0 Å². The first-order valence-electron chi connectivity index (χ1n) is 10.6. The number of carbonyl (C=O) groups excluding carboxylic acids is 2. The van der Waals surface area contributed by atoms with Crippen LogP contribution in [0.15, 0.2) is 30.6 Å². The van der Waals surface area contributed by atoms with Crippen molar-refractivity contribution in [3.05, 3.63) is 42.0 Å². The Kier molecular flexibility index (Phi) is 6.13. The van der Waals surface area contributed by atoms with Gasteiger partial charge in [0.25, 0.3) is 5.91 Å². The first-order chi connectivity index (χ1) is 14.5. The number of nitrogens with zero attached hydrogens (tertiary/aromatic N) is 4. The van der Waals surface area contributed by atoms with E-state index in [4.69, 9.17) is 9.47 Å². The van der Waals surface area contributed by atoms with Crippen LogP contribution in [0, 0.1) is 0 Å². The average molecular weight is 412 g/mol. The van der Waals surface area contributed by atoms with Crippen molar-refractivity contribution in [1.82, 2.24) is 19.7 Å². The van der Waals surface area contributed by atoms with Crippen molar-refractivity contribution in [2.45, 2.75) is 57.6 Å². The number of morpholine rings is 1. The Labute approximate surface area is 176 Å². The SMILES string of the molecule is CC(C)c1cc(C(=O)OCC(=O)N2CCOC3CCCCC32)nn1-c1ccncc1. The molecule has 2 aliphatic rings. The van der Waals surface area contributed by atoms with Crippen LogP contribution in [0.3, 0.4) is 0 Å². The predicted octanol–water partition coefficient (Wildman–Crippen LogP) is 2.72. The van der Waals surface area contributed by atoms with Gasteiger partial charge < -0.3 is 14.4 Å². The summed E-state index contributed by atoms with van der Waals surface area (Å²) in [6.07, 6.45) is 7.63. The first kappa shape index (κ1) is 20.5. The number of aromatic nitrogens is 3. The largest absolute Gasteiger partial charge is 0.451 e. The molecule has 2 atom stereocenters. The first-order valence-corrected chi connectivity index (χ1v) is 10.6. The number of hydrogen-bond acceptors (Lipinski definition) is 6. The molecule has 0 N–H and O–H groups in total. The van der Waals surface area contributed by atoms with E-state index >= 15 is 0 Å². The number of pyridine rings is 1. The molecule has 2 fully saturated rings. The zero-order valence-corrected chi connectivity index (χ0v) is 17.5. The summed E-state index contributed by atoms with van der Waals surface area (Å²) >= 11 is 0. The Morgan fingerprint density at radius 3 is 2.77 bits per heavy atom. The molecule has 4 rings (SSSR count). The molecule has 2 aromatic rings. The van der Waals surface area contributed by atoms with Gasteiger partial charge in [-0.15, -0.1) is 0 Å². The molecule has 1 amide bonds. The topological polar surface area (TPSA) is 86.5 Å². The normalized spacial score (nSPS) is 21.4. The molecule has 1 aliphatic carbocycles. The van der Waals surface area contributed by atoms with Crippen molar-refractivity contribution in [2.24, 2.45) is 0 Å². The van der Waals surface area contributed by atoms with E-state index in [-0.39, 0.29) is 36.3 Å². The van der Waals surface area contributed by atoms with Crippen molar-refractivity contribution in [3.63, 3.8) is 0 Å². The van der Waals surface area contributed by atoms with E-state index in [2.05, 4.69) is 10.1 Å². The van der Waals surface area contributed by atoms with Crippen LogP contribution in [0.5, 0.6) is 0 Å². The Hall–Kier alpha value is -2.74. The van der Waals surface area contributed by atoms with Gasteiger partial charge in [0.05, 0.1) is 24.4 Å². The van der Waals surface area contributed by atoms with E-state index < -0.39 is 5.97 Å². The van der Waals surface area contributed by atoms with Crippen LogP contribution in [0.1, 0.15) is 61.6 Å². The van der Waals surface area contributed by atoms with Crippen LogP contribution in [0.2, 0.25) is 0 Å². The van der Waals surface area contributed by atoms with Gasteiger partial charge in [-0.2, -0.15) is 5.10 Å². The van der Waals surface area contributed by atoms with Gasteiger partial charge in [-0.3, -0.25) is 9.78 Å². The minimum absolute atomic E-state index is 0.0946. The van der Waals surface area contributed by atoms with Crippen molar-refractivity contribution >= 4 is 11.9 Å². The standard InChI is InChI=1S/C22H28N4O4/c1-15(2)19-13-17(24-26(19)16-7-9-23-10-8-16)22(28)30-14-21(27)25-11-12-29-20-6-4-3-5-18(20)25/h7-10,13,15,18,20H,3-6,11-12,14H2,1-2H3. The molecule has 2 aromatic heterocycles. The average Bonchev–Trinajstić information content (AvgIpc) is 3.23. The lowest BCUT2D eigenvalue weighted by Gasteiger charge is -2.43. The van der Waals surface area contributed by atoms with Crippen molar-refractivity contribution in [2.75, 3.05) is 19.8 Å². The summed E-state index contributed by atoms with van der Waals surface area (Å²) < 4.78 is 12.9. The van der Waals surface area contributed by atoms with Crippen molar-refractivity contribution in [1.29, 1.82) is 0 Å². The fourth-order valence-electron chi connectivity index (χ4n) is 4.29. The molecule has 0 aromatic carbocycles. The maximum atomic E-state index is 12.8. The number of amides is 1. The molecule has 1 aliphatic heterocycles. The Bertz CT molecular complexity index is 894. The lowest BCUT2D eigenvalue weighted by Crippen LogP contribution is -2.55. The molecule has 2 unspecified atom stereocenters. The van der Waals surface area contributed by atoms with Gasteiger partial charge in [0.2, 0.25) is 0 Å². The summed E-state index contributed by atoms with van der Waals surface area (Å²) in [5, 5.41) is 4.43. The van der Waals surface area contributed by atoms with Crippen molar-refractivity contribution < 1.29 is 19.1 Å². The van der Waals surface area contributed by atoms with E-state index in [9.17, 15) is 9.59 Å². The van der Waals surface area contributed by atoms with Crippen LogP contribution in [0.25, 0.3) is 5.69 Å². The highest BCUT2D eigenvalue weighted by molar-refractivity contribution is 5.89. The summed E-state index contributed by atoms with van der Waals surface area (Å²) in [5.41, 5.74) is 1.90. The summed E-state index contributed by atoms with van der Waals surface area (Å²) in [4.78, 5) is 31.2. The maximum Gasteiger partial charge on any atom is 0.359 e. The maximum absolute atomic E-state index is 12.8. The van der Waals surface area contributed by atoms with Crippen LogP contribution < -0.4 is 0 Å². The highest BCUT2D eigenvalue weighted by Crippen LogP contribution is 2.28. The van der Waals surface area contributed by atoms with E-state index in [0.29, 0.717) is 13.2 Å². The van der Waals surface area contributed by atoms with Gasteiger partial charge in [0.1, 0.15) is 0 Å². The molecule has 3 heterocycles. The molecule has 8 nitrogen and oxygen atoms in total. The zero-order chi connectivity index (χ0) is 21.1. The Balaban J connectivity index is 1.43. The van der Waals surface area contributed by atoms with E-state index in [1.807, 2.05) is 30.9 Å². The van der Waals surface area contributed by atoms with Gasteiger partial charge in [-0.1, -0.05) is 26.7 Å². The highest BCUT2D eigenvalue weighted by Gasteiger charge is 2.37. The third kappa shape index (κ3) is 4.23. The van der Waals surface area contributed by atoms with Crippen LogP contribution in [0.4, 0.5) is 0 Å². The summed E-state index contributed by atoms with van der Waals surface area (Å²) in [6, 6.07) is 5.48. The molecule has 1 saturated heterocycles. The van der Waals surface area contributed by atoms with Crippen LogP contribution >= 0.6 is 0 Å². The third-order valence-electron chi connectivity index (χ3n) is 5.82. The second-order valence-electron chi connectivity index (χ2n) is 8.15. The number of fused-ring (bicyclic) bond motifs is 1. The molecule has 160 valence electrons. The molecule has 0 spiro atoms. The molecule has 0 radical (unpaired) electrons. The lowest BCUT2D eigenvalue weighted by atomic mass is 9.90. The molecule has 30 heavy (non-hydrogen) atoms. The number of ether oxygens (including phenoxy) is 2. The fourth-order valence-corrected chi connectivity index (χ4v) is 4.29. The molecular weight excluding hydrogens is 384 g/mol. The Morgan fingerprint density at radius 1 is 1.23 bits per heavy atom. The minimum Gasteiger partial charge on any atom is -0.451 e. The van der Waals surface area contributed by atoms with Gasteiger partial charge in [-0.05, 0) is 37.0 Å².